The summed E-state index contributed by atoms with van der Waals surface area (Å²) in [6.45, 7) is 6.30. The molecule has 0 saturated carbocycles. The molecule has 1 heterocycles. The predicted molar refractivity (Wildman–Crippen MR) is 102 cm³/mol. The van der Waals surface area contributed by atoms with Crippen molar-refractivity contribution in [3.63, 3.8) is 0 Å². The number of rotatable bonds is 7. The second kappa shape index (κ2) is 7.70. The molecule has 3 rings (SSSR count). The van der Waals surface area contributed by atoms with Gasteiger partial charge >= 0.3 is 0 Å². The van der Waals surface area contributed by atoms with Gasteiger partial charge in [0.2, 0.25) is 0 Å². The van der Waals surface area contributed by atoms with Gasteiger partial charge in [-0.1, -0.05) is 36.4 Å². The minimum Gasteiger partial charge on any atom is -0.494 e. The van der Waals surface area contributed by atoms with Gasteiger partial charge in [0.1, 0.15) is 11.4 Å². The first-order valence-corrected chi connectivity index (χ1v) is 8.42. The van der Waals surface area contributed by atoms with Crippen molar-refractivity contribution < 1.29 is 14.3 Å². The molecular formula is C21H20N2O3. The highest BCUT2D eigenvalue weighted by Gasteiger charge is 2.38. The molecule has 5 heteroatoms. The monoisotopic (exact) mass is 348 g/mol. The Labute approximate surface area is 152 Å². The number of nitrogens with one attached hydrogen (secondary N) is 1. The first kappa shape index (κ1) is 17.5. The Balaban J connectivity index is 1.98. The Hall–Kier alpha value is -3.34. The second-order valence-electron chi connectivity index (χ2n) is 5.71. The van der Waals surface area contributed by atoms with Crippen LogP contribution in [-0.2, 0) is 9.59 Å². The normalized spacial score (nSPS) is 14.0. The Morgan fingerprint density at radius 3 is 2.35 bits per heavy atom. The lowest BCUT2D eigenvalue weighted by atomic mass is 10.0. The molecule has 0 spiro atoms. The lowest BCUT2D eigenvalue weighted by Crippen LogP contribution is -2.32. The minimum absolute atomic E-state index is 0.169. The van der Waals surface area contributed by atoms with E-state index in [2.05, 4.69) is 11.9 Å². The first-order chi connectivity index (χ1) is 12.7. The molecular weight excluding hydrogens is 328 g/mol. The van der Waals surface area contributed by atoms with Gasteiger partial charge in [-0.2, -0.15) is 0 Å². The van der Waals surface area contributed by atoms with E-state index in [0.29, 0.717) is 23.4 Å². The van der Waals surface area contributed by atoms with Crippen molar-refractivity contribution >= 4 is 23.1 Å². The van der Waals surface area contributed by atoms with Crippen LogP contribution in [0.4, 0.5) is 5.69 Å². The topological polar surface area (TPSA) is 58.6 Å². The molecule has 1 aliphatic heterocycles. The number of nitrogens with zero attached hydrogens (tertiary/aromatic N) is 1. The smallest absolute Gasteiger partial charge is 0.278 e. The highest BCUT2D eigenvalue weighted by molar-refractivity contribution is 6.36. The largest absolute Gasteiger partial charge is 0.494 e. The average Bonchev–Trinajstić information content (AvgIpc) is 2.89. The maximum absolute atomic E-state index is 12.8. The Morgan fingerprint density at radius 1 is 1.04 bits per heavy atom. The van der Waals surface area contributed by atoms with E-state index >= 15 is 0 Å². The number of carbonyl (C=O) groups excluding carboxylic acids is 2. The zero-order valence-electron chi connectivity index (χ0n) is 14.6. The van der Waals surface area contributed by atoms with Crippen LogP contribution >= 0.6 is 0 Å². The Morgan fingerprint density at radius 2 is 1.73 bits per heavy atom. The zero-order chi connectivity index (χ0) is 18.5. The highest BCUT2D eigenvalue weighted by Crippen LogP contribution is 2.30. The van der Waals surface area contributed by atoms with Crippen molar-refractivity contribution in [3.8, 4) is 5.75 Å². The van der Waals surface area contributed by atoms with E-state index in [9.17, 15) is 9.59 Å². The van der Waals surface area contributed by atoms with Crippen molar-refractivity contribution in [2.75, 3.05) is 18.5 Å². The molecule has 26 heavy (non-hydrogen) atoms. The summed E-state index contributed by atoms with van der Waals surface area (Å²) in [5.74, 6) is 0.0644. The van der Waals surface area contributed by atoms with E-state index in [-0.39, 0.29) is 24.1 Å². The number of amides is 2. The molecule has 2 amide bonds. The lowest BCUT2D eigenvalue weighted by molar-refractivity contribution is -0.136. The van der Waals surface area contributed by atoms with E-state index in [4.69, 9.17) is 4.74 Å². The highest BCUT2D eigenvalue weighted by atomic mass is 16.5. The van der Waals surface area contributed by atoms with E-state index < -0.39 is 0 Å². The van der Waals surface area contributed by atoms with Gasteiger partial charge in [-0.3, -0.25) is 14.5 Å². The molecule has 0 fully saturated rings. The third-order valence-corrected chi connectivity index (χ3v) is 3.98. The van der Waals surface area contributed by atoms with Crippen LogP contribution in [0, 0.1) is 0 Å². The van der Waals surface area contributed by atoms with Crippen molar-refractivity contribution in [2.45, 2.75) is 6.92 Å². The summed E-state index contributed by atoms with van der Waals surface area (Å²) in [7, 11) is 0. The maximum atomic E-state index is 12.8. The molecule has 132 valence electrons. The van der Waals surface area contributed by atoms with Gasteiger partial charge in [-0.15, -0.1) is 6.58 Å². The third-order valence-electron chi connectivity index (χ3n) is 3.98. The number of anilines is 1. The zero-order valence-corrected chi connectivity index (χ0v) is 14.6. The Kier molecular flexibility index (Phi) is 5.17. The van der Waals surface area contributed by atoms with Crippen LogP contribution in [0.15, 0.2) is 72.9 Å². The fourth-order valence-electron chi connectivity index (χ4n) is 2.81. The van der Waals surface area contributed by atoms with Crippen molar-refractivity contribution in [1.82, 2.24) is 4.90 Å². The molecule has 5 nitrogen and oxygen atoms in total. The third kappa shape index (κ3) is 3.37. The quantitative estimate of drug-likeness (QED) is 0.615. The van der Waals surface area contributed by atoms with Crippen molar-refractivity contribution in [1.29, 1.82) is 0 Å². The van der Waals surface area contributed by atoms with Gasteiger partial charge in [0, 0.05) is 12.2 Å². The molecule has 2 aromatic rings. The fourth-order valence-corrected chi connectivity index (χ4v) is 2.81. The van der Waals surface area contributed by atoms with Gasteiger partial charge in [0.05, 0.1) is 12.2 Å². The summed E-state index contributed by atoms with van der Waals surface area (Å²) in [5, 5.41) is 3.11. The van der Waals surface area contributed by atoms with E-state index in [1.807, 2.05) is 61.5 Å². The van der Waals surface area contributed by atoms with Crippen LogP contribution in [0.2, 0.25) is 0 Å². The molecule has 0 bridgehead atoms. The fraction of sp³-hybridized carbons (Fsp3) is 0.143. The van der Waals surface area contributed by atoms with Crippen molar-refractivity contribution in [2.24, 2.45) is 0 Å². The van der Waals surface area contributed by atoms with Gasteiger partial charge in [-0.05, 0) is 36.8 Å². The molecule has 0 unspecified atom stereocenters. The number of benzene rings is 2. The van der Waals surface area contributed by atoms with Crippen molar-refractivity contribution in [3.05, 3.63) is 78.5 Å². The predicted octanol–water partition coefficient (Wildman–Crippen LogP) is 3.46. The summed E-state index contributed by atoms with van der Waals surface area (Å²) in [5.41, 5.74) is 2.04. The van der Waals surface area contributed by atoms with Gasteiger partial charge in [0.25, 0.3) is 11.8 Å². The molecule has 0 atom stereocenters. The van der Waals surface area contributed by atoms with Crippen LogP contribution in [0.5, 0.6) is 5.75 Å². The van der Waals surface area contributed by atoms with Crippen LogP contribution in [0.1, 0.15) is 12.5 Å². The number of ether oxygens (including phenoxy) is 1. The Bertz CT molecular complexity index is 855. The van der Waals surface area contributed by atoms with Crippen LogP contribution in [0.25, 0.3) is 5.57 Å². The lowest BCUT2D eigenvalue weighted by Gasteiger charge is -2.12. The minimum atomic E-state index is -0.359. The van der Waals surface area contributed by atoms with Gasteiger partial charge in [0.15, 0.2) is 0 Å². The van der Waals surface area contributed by atoms with Crippen LogP contribution in [0.3, 0.4) is 0 Å². The van der Waals surface area contributed by atoms with E-state index in [1.54, 1.807) is 0 Å². The summed E-state index contributed by atoms with van der Waals surface area (Å²) < 4.78 is 5.43. The van der Waals surface area contributed by atoms with Crippen LogP contribution in [-0.4, -0.2) is 29.9 Å². The molecule has 2 aromatic carbocycles. The standard InChI is InChI=1S/C21H20N2O3/c1-3-14-23-20(24)18(15-8-6-5-7-9-15)19(21(23)25)22-16-10-12-17(13-11-16)26-4-2/h3,5-13,22H,1,4,14H2,2H3. The second-order valence-corrected chi connectivity index (χ2v) is 5.71. The SMILES string of the molecule is C=CCN1C(=O)C(Nc2ccc(OCC)cc2)=C(c2ccccc2)C1=O. The maximum Gasteiger partial charge on any atom is 0.278 e. The van der Waals surface area contributed by atoms with E-state index in [0.717, 1.165) is 5.75 Å². The molecule has 1 aliphatic rings. The average molecular weight is 348 g/mol. The van der Waals surface area contributed by atoms with Crippen LogP contribution < -0.4 is 10.1 Å². The summed E-state index contributed by atoms with van der Waals surface area (Å²) in [6, 6.07) is 16.4. The van der Waals surface area contributed by atoms with Gasteiger partial charge < -0.3 is 10.1 Å². The molecule has 0 saturated heterocycles. The molecule has 1 N–H and O–H groups in total. The number of hydrogen-bond donors (Lipinski definition) is 1. The number of hydrogen-bond acceptors (Lipinski definition) is 4. The van der Waals surface area contributed by atoms with E-state index in [1.165, 1.54) is 11.0 Å². The molecule has 0 aromatic heterocycles. The summed E-state index contributed by atoms with van der Waals surface area (Å²) in [6.07, 6.45) is 1.54. The summed E-state index contributed by atoms with van der Waals surface area (Å²) in [4.78, 5) is 26.7. The number of carbonyl (C=O) groups is 2. The van der Waals surface area contributed by atoms with Gasteiger partial charge in [-0.25, -0.2) is 0 Å². The molecule has 0 aliphatic carbocycles. The first-order valence-electron chi connectivity index (χ1n) is 8.42. The number of imide groups is 1. The summed E-state index contributed by atoms with van der Waals surface area (Å²) >= 11 is 0. The molecule has 0 radical (unpaired) electrons.